The highest BCUT2D eigenvalue weighted by atomic mass is 16.5. The summed E-state index contributed by atoms with van der Waals surface area (Å²) in [7, 11) is 2.89. The minimum absolute atomic E-state index is 0.122. The van der Waals surface area contributed by atoms with Gasteiger partial charge in [-0.1, -0.05) is 95.3 Å². The SMILES string of the molecule is COC(=O)[C@@H]1C[C@]2(OC)CN1C(=O)[C@H](C(C)(C)C)NC(=O)OCC(C)(C)CC=Cc1ccccc1-c1ccc2cc1. The maximum absolute atomic E-state index is 14.1. The fourth-order valence-corrected chi connectivity index (χ4v) is 5.58. The van der Waals surface area contributed by atoms with Gasteiger partial charge in [-0.3, -0.25) is 4.79 Å². The van der Waals surface area contributed by atoms with Gasteiger partial charge in [0.2, 0.25) is 5.91 Å². The van der Waals surface area contributed by atoms with Crippen LogP contribution in [0, 0.1) is 10.8 Å². The molecule has 1 fully saturated rings. The van der Waals surface area contributed by atoms with E-state index in [2.05, 4.69) is 29.6 Å². The van der Waals surface area contributed by atoms with Crippen molar-refractivity contribution in [3.63, 3.8) is 0 Å². The van der Waals surface area contributed by atoms with E-state index in [-0.39, 0.29) is 25.0 Å². The molecule has 220 valence electrons. The number of hydrogen-bond acceptors (Lipinski definition) is 6. The Labute approximate surface area is 243 Å². The van der Waals surface area contributed by atoms with Gasteiger partial charge in [-0.2, -0.15) is 0 Å². The van der Waals surface area contributed by atoms with Gasteiger partial charge >= 0.3 is 12.1 Å². The number of allylic oxidation sites excluding steroid dienone is 1. The number of benzene rings is 2. The van der Waals surface area contributed by atoms with Crippen LogP contribution in [-0.2, 0) is 29.4 Å². The van der Waals surface area contributed by atoms with E-state index in [0.717, 1.165) is 22.3 Å². The van der Waals surface area contributed by atoms with E-state index >= 15 is 0 Å². The lowest BCUT2D eigenvalue weighted by molar-refractivity contribution is -0.152. The Bertz CT molecular complexity index is 1310. The number of fused-ring (bicyclic) bond motifs is 10. The summed E-state index contributed by atoms with van der Waals surface area (Å²) < 4.78 is 16.8. The van der Waals surface area contributed by atoms with Crippen LogP contribution in [0.5, 0.6) is 0 Å². The smallest absolute Gasteiger partial charge is 0.407 e. The number of ether oxygens (including phenoxy) is 3. The van der Waals surface area contributed by atoms with E-state index in [0.29, 0.717) is 6.42 Å². The van der Waals surface area contributed by atoms with Crippen LogP contribution in [0.2, 0.25) is 0 Å². The van der Waals surface area contributed by atoms with Crippen molar-refractivity contribution in [3.05, 3.63) is 65.7 Å². The first-order valence-corrected chi connectivity index (χ1v) is 14.0. The van der Waals surface area contributed by atoms with E-state index in [9.17, 15) is 14.4 Å². The molecule has 1 N–H and O–H groups in total. The summed E-state index contributed by atoms with van der Waals surface area (Å²) in [5.74, 6) is -0.928. The molecule has 1 saturated heterocycles. The van der Waals surface area contributed by atoms with Crippen LogP contribution in [0.15, 0.2) is 54.6 Å². The number of alkyl carbamates (subject to hydrolysis) is 1. The largest absolute Gasteiger partial charge is 0.467 e. The summed E-state index contributed by atoms with van der Waals surface area (Å²) in [5.41, 5.74) is 2.10. The number of hydrogen-bond donors (Lipinski definition) is 1. The molecule has 0 aromatic heterocycles. The molecule has 0 radical (unpaired) electrons. The van der Waals surface area contributed by atoms with Crippen LogP contribution in [-0.4, -0.2) is 62.3 Å². The molecule has 2 amide bonds. The fraction of sp³-hybridized carbons (Fsp3) is 0.485. The van der Waals surface area contributed by atoms with Gasteiger partial charge in [0.15, 0.2) is 0 Å². The molecule has 3 aliphatic heterocycles. The van der Waals surface area contributed by atoms with Gasteiger partial charge in [0.05, 0.1) is 20.3 Å². The Kier molecular flexibility index (Phi) is 8.64. The molecule has 2 aromatic carbocycles. The summed E-state index contributed by atoms with van der Waals surface area (Å²) in [6.07, 6.45) is 4.42. The minimum atomic E-state index is -0.947. The third-order valence-corrected chi connectivity index (χ3v) is 8.09. The average molecular weight is 563 g/mol. The van der Waals surface area contributed by atoms with Crippen molar-refractivity contribution in [2.45, 2.75) is 65.1 Å². The predicted octanol–water partition coefficient (Wildman–Crippen LogP) is 5.55. The van der Waals surface area contributed by atoms with E-state index in [4.69, 9.17) is 14.2 Å². The van der Waals surface area contributed by atoms with E-state index in [1.165, 1.54) is 12.0 Å². The molecular formula is C33H42N2O6. The first kappa shape index (κ1) is 30.3. The van der Waals surface area contributed by atoms with Crippen molar-refractivity contribution in [1.82, 2.24) is 10.2 Å². The maximum Gasteiger partial charge on any atom is 0.407 e. The van der Waals surface area contributed by atoms with Crippen LogP contribution in [0.4, 0.5) is 4.79 Å². The lowest BCUT2D eigenvalue weighted by atomic mass is 9.85. The fourth-order valence-electron chi connectivity index (χ4n) is 5.58. The normalized spacial score (nSPS) is 24.9. The Balaban J connectivity index is 1.83. The van der Waals surface area contributed by atoms with Gasteiger partial charge in [0.1, 0.15) is 17.7 Å². The number of nitrogens with one attached hydrogen (secondary N) is 1. The van der Waals surface area contributed by atoms with Gasteiger partial charge in [-0.15, -0.1) is 0 Å². The highest BCUT2D eigenvalue weighted by molar-refractivity contribution is 5.91. The molecule has 5 rings (SSSR count). The van der Waals surface area contributed by atoms with Crippen LogP contribution in [0.3, 0.4) is 0 Å². The highest BCUT2D eigenvalue weighted by Crippen LogP contribution is 2.41. The molecule has 4 bridgehead atoms. The van der Waals surface area contributed by atoms with E-state index in [1.807, 2.05) is 71.0 Å². The number of carbonyl (C=O) groups excluding carboxylic acids is 3. The van der Waals surface area contributed by atoms with Gasteiger partial charge in [0.25, 0.3) is 0 Å². The van der Waals surface area contributed by atoms with E-state index in [1.54, 1.807) is 7.11 Å². The van der Waals surface area contributed by atoms with Crippen molar-refractivity contribution < 1.29 is 28.6 Å². The molecule has 3 heterocycles. The van der Waals surface area contributed by atoms with Crippen LogP contribution >= 0.6 is 0 Å². The molecule has 3 atom stereocenters. The predicted molar refractivity (Wildman–Crippen MR) is 158 cm³/mol. The van der Waals surface area contributed by atoms with Crippen molar-refractivity contribution in [2.24, 2.45) is 10.8 Å². The van der Waals surface area contributed by atoms with Crippen molar-refractivity contribution in [2.75, 3.05) is 27.4 Å². The molecule has 0 saturated carbocycles. The molecule has 0 aliphatic carbocycles. The van der Waals surface area contributed by atoms with Gasteiger partial charge in [0, 0.05) is 18.9 Å². The topological polar surface area (TPSA) is 94.2 Å². The third-order valence-electron chi connectivity index (χ3n) is 8.09. The quantitative estimate of drug-likeness (QED) is 0.482. The molecule has 8 heteroatoms. The monoisotopic (exact) mass is 562 g/mol. The van der Waals surface area contributed by atoms with Crippen molar-refractivity contribution in [3.8, 4) is 11.1 Å². The van der Waals surface area contributed by atoms with Gasteiger partial charge < -0.3 is 24.4 Å². The molecule has 41 heavy (non-hydrogen) atoms. The van der Waals surface area contributed by atoms with Gasteiger partial charge in [-0.25, -0.2) is 9.59 Å². The molecule has 0 spiro atoms. The first-order valence-electron chi connectivity index (χ1n) is 14.0. The molecule has 8 nitrogen and oxygen atoms in total. The Morgan fingerprint density at radius 1 is 1.05 bits per heavy atom. The van der Waals surface area contributed by atoms with E-state index < -0.39 is 41.1 Å². The minimum Gasteiger partial charge on any atom is -0.467 e. The lowest BCUT2D eigenvalue weighted by Gasteiger charge is -2.35. The number of methoxy groups -OCH3 is 2. The van der Waals surface area contributed by atoms with Crippen LogP contribution in [0.25, 0.3) is 17.2 Å². The number of carbonyl (C=O) groups is 3. The molecule has 3 aliphatic rings. The zero-order chi connectivity index (χ0) is 30.0. The highest BCUT2D eigenvalue weighted by Gasteiger charge is 2.53. The summed E-state index contributed by atoms with van der Waals surface area (Å²) in [6, 6.07) is 14.4. The zero-order valence-corrected chi connectivity index (χ0v) is 25.2. The van der Waals surface area contributed by atoms with Crippen molar-refractivity contribution >= 4 is 24.0 Å². The average Bonchev–Trinajstić information content (AvgIpc) is 3.35. The second-order valence-corrected chi connectivity index (χ2v) is 12.9. The van der Waals surface area contributed by atoms with Crippen LogP contribution < -0.4 is 5.32 Å². The Hall–Kier alpha value is -3.65. The molecule has 2 aromatic rings. The Morgan fingerprint density at radius 2 is 1.73 bits per heavy atom. The second-order valence-electron chi connectivity index (χ2n) is 12.9. The zero-order valence-electron chi connectivity index (χ0n) is 25.2. The standard InChI is InChI=1S/C33H42N2O6/c1-31(2,3)27-28(36)35-20-33(40-7,19-26(35)29(37)39-6)24-16-14-23(15-17-24)25-13-9-8-11-22(25)12-10-18-32(4,5)21-41-30(38)34-27/h8-17,26-27H,18-21H2,1-7H3,(H,34,38)/t26-,27+,33-/m0/s1. The number of rotatable bonds is 2. The number of nitrogens with zero attached hydrogens (tertiary/aromatic N) is 1. The third kappa shape index (κ3) is 6.48. The van der Waals surface area contributed by atoms with Gasteiger partial charge in [-0.05, 0) is 34.1 Å². The molecule has 0 unspecified atom stereocenters. The lowest BCUT2D eigenvalue weighted by Crippen LogP contribution is -2.57. The summed E-state index contributed by atoms with van der Waals surface area (Å²) in [4.78, 5) is 41.6. The maximum atomic E-state index is 14.1. The summed E-state index contributed by atoms with van der Waals surface area (Å²) >= 11 is 0. The summed E-state index contributed by atoms with van der Waals surface area (Å²) in [5, 5.41) is 2.79. The second kappa shape index (κ2) is 11.7. The summed E-state index contributed by atoms with van der Waals surface area (Å²) in [6.45, 7) is 9.94. The Morgan fingerprint density at radius 3 is 2.37 bits per heavy atom. The number of amides is 2. The molecular weight excluding hydrogens is 520 g/mol. The first-order chi connectivity index (χ1) is 19.3. The van der Waals surface area contributed by atoms with Crippen molar-refractivity contribution in [1.29, 1.82) is 0 Å². The van der Waals surface area contributed by atoms with Crippen LogP contribution in [0.1, 0.15) is 58.6 Å². The number of esters is 1.